The van der Waals surface area contributed by atoms with Crippen LogP contribution in [0, 0.1) is 0 Å². The normalized spacial score (nSPS) is 10.2. The molecule has 0 atom stereocenters. The molecule has 1 amide bonds. The predicted octanol–water partition coefficient (Wildman–Crippen LogP) is 2.29. The summed E-state index contributed by atoms with van der Waals surface area (Å²) in [6, 6.07) is 7.28. The maximum atomic E-state index is 11.7. The van der Waals surface area contributed by atoms with Gasteiger partial charge in [-0.25, -0.2) is 0 Å². The molecule has 0 aliphatic carbocycles. The van der Waals surface area contributed by atoms with Crippen LogP contribution < -0.4 is 5.32 Å². The van der Waals surface area contributed by atoms with E-state index in [1.165, 1.54) is 0 Å². The number of carbonyl (C=O) groups excluding carboxylic acids is 1. The lowest BCUT2D eigenvalue weighted by Crippen LogP contribution is -2.25. The third-order valence-corrected chi connectivity index (χ3v) is 3.68. The molecular formula is C12H16BrNO2S. The number of nitrogens with one attached hydrogen (secondary N) is 1. The standard InChI is InChI=1S/C12H16BrNO2S/c13-11-4-2-10(3-5-11)12(16)14-6-9-17-8-1-7-15/h2-5,15H,1,6-9H2,(H,14,16). The van der Waals surface area contributed by atoms with E-state index in [0.717, 1.165) is 22.4 Å². The molecule has 0 bridgehead atoms. The third-order valence-electron chi connectivity index (χ3n) is 2.09. The first-order valence-corrected chi connectivity index (χ1v) is 7.41. The molecule has 0 spiro atoms. The third kappa shape index (κ3) is 6.10. The Hall–Kier alpha value is -0.520. The summed E-state index contributed by atoms with van der Waals surface area (Å²) >= 11 is 5.06. The van der Waals surface area contributed by atoms with E-state index in [2.05, 4.69) is 21.2 Å². The van der Waals surface area contributed by atoms with Gasteiger partial charge in [0, 0.05) is 28.9 Å². The Bertz CT molecular complexity index is 343. The number of benzene rings is 1. The van der Waals surface area contributed by atoms with Crippen molar-refractivity contribution in [3.8, 4) is 0 Å². The van der Waals surface area contributed by atoms with Gasteiger partial charge < -0.3 is 10.4 Å². The Labute approximate surface area is 114 Å². The fraction of sp³-hybridized carbons (Fsp3) is 0.417. The van der Waals surface area contributed by atoms with Gasteiger partial charge in [-0.3, -0.25) is 4.79 Å². The Kier molecular flexibility index (Phi) is 7.32. The molecule has 0 heterocycles. The summed E-state index contributed by atoms with van der Waals surface area (Å²) in [7, 11) is 0. The molecule has 1 aromatic rings. The second kappa shape index (κ2) is 8.55. The average Bonchev–Trinajstić information content (AvgIpc) is 2.34. The molecular weight excluding hydrogens is 302 g/mol. The minimum atomic E-state index is -0.0414. The zero-order valence-corrected chi connectivity index (χ0v) is 11.9. The minimum Gasteiger partial charge on any atom is -0.396 e. The largest absolute Gasteiger partial charge is 0.396 e. The second-order valence-corrected chi connectivity index (χ2v) is 5.59. The van der Waals surface area contributed by atoms with E-state index in [4.69, 9.17) is 5.11 Å². The van der Waals surface area contributed by atoms with Gasteiger partial charge in [0.2, 0.25) is 0 Å². The number of amides is 1. The van der Waals surface area contributed by atoms with Crippen LogP contribution in [0.15, 0.2) is 28.7 Å². The highest BCUT2D eigenvalue weighted by Crippen LogP contribution is 2.10. The van der Waals surface area contributed by atoms with E-state index in [-0.39, 0.29) is 12.5 Å². The van der Waals surface area contributed by atoms with Crippen LogP contribution in [0.1, 0.15) is 16.8 Å². The fourth-order valence-corrected chi connectivity index (χ4v) is 2.26. The van der Waals surface area contributed by atoms with Crippen molar-refractivity contribution in [1.29, 1.82) is 0 Å². The summed E-state index contributed by atoms with van der Waals surface area (Å²) in [6.45, 7) is 0.892. The average molecular weight is 318 g/mol. The van der Waals surface area contributed by atoms with Crippen molar-refractivity contribution >= 4 is 33.6 Å². The first-order valence-electron chi connectivity index (χ1n) is 5.46. The van der Waals surface area contributed by atoms with Gasteiger partial charge >= 0.3 is 0 Å². The van der Waals surface area contributed by atoms with E-state index in [0.29, 0.717) is 12.1 Å². The lowest BCUT2D eigenvalue weighted by Gasteiger charge is -2.05. The van der Waals surface area contributed by atoms with Crippen LogP contribution in [0.2, 0.25) is 0 Å². The van der Waals surface area contributed by atoms with E-state index in [1.54, 1.807) is 23.9 Å². The Morgan fingerprint density at radius 2 is 2.00 bits per heavy atom. The van der Waals surface area contributed by atoms with E-state index in [9.17, 15) is 4.79 Å². The summed E-state index contributed by atoms with van der Waals surface area (Å²) in [4.78, 5) is 11.7. The Balaban J connectivity index is 2.19. The zero-order chi connectivity index (χ0) is 12.5. The van der Waals surface area contributed by atoms with Crippen LogP contribution in [0.5, 0.6) is 0 Å². The molecule has 1 aromatic carbocycles. The highest BCUT2D eigenvalue weighted by Gasteiger charge is 2.03. The summed E-state index contributed by atoms with van der Waals surface area (Å²) < 4.78 is 0.966. The number of thioether (sulfide) groups is 1. The number of carbonyl (C=O) groups is 1. The molecule has 0 radical (unpaired) electrons. The van der Waals surface area contributed by atoms with Crippen molar-refractivity contribution in [2.45, 2.75) is 6.42 Å². The van der Waals surface area contributed by atoms with Crippen molar-refractivity contribution in [1.82, 2.24) is 5.32 Å². The summed E-state index contributed by atoms with van der Waals surface area (Å²) in [5, 5.41) is 11.5. The molecule has 17 heavy (non-hydrogen) atoms. The molecule has 3 nitrogen and oxygen atoms in total. The zero-order valence-electron chi connectivity index (χ0n) is 9.49. The molecule has 0 aliphatic heterocycles. The molecule has 5 heteroatoms. The van der Waals surface area contributed by atoms with Crippen LogP contribution in [-0.4, -0.2) is 35.7 Å². The summed E-state index contributed by atoms with van der Waals surface area (Å²) in [6.07, 6.45) is 0.811. The molecule has 1 rings (SSSR count). The molecule has 0 saturated heterocycles. The SMILES string of the molecule is O=C(NCCSCCCO)c1ccc(Br)cc1. The van der Waals surface area contributed by atoms with Crippen molar-refractivity contribution in [2.75, 3.05) is 24.7 Å². The number of rotatable bonds is 7. The number of halogens is 1. The number of hydrogen-bond donors (Lipinski definition) is 2. The molecule has 2 N–H and O–H groups in total. The van der Waals surface area contributed by atoms with Gasteiger partial charge in [0.25, 0.3) is 5.91 Å². The highest BCUT2D eigenvalue weighted by molar-refractivity contribution is 9.10. The number of aliphatic hydroxyl groups is 1. The van der Waals surface area contributed by atoms with Gasteiger partial charge in [-0.05, 0) is 36.4 Å². The summed E-state index contributed by atoms with van der Waals surface area (Å²) in [5.41, 5.74) is 0.675. The van der Waals surface area contributed by atoms with Crippen molar-refractivity contribution in [3.05, 3.63) is 34.3 Å². The lowest BCUT2D eigenvalue weighted by molar-refractivity contribution is 0.0956. The topological polar surface area (TPSA) is 49.3 Å². The molecule has 0 aliphatic rings. The smallest absolute Gasteiger partial charge is 0.251 e. The first kappa shape index (κ1) is 14.5. The minimum absolute atomic E-state index is 0.0414. The van der Waals surface area contributed by atoms with Crippen LogP contribution >= 0.6 is 27.7 Å². The lowest BCUT2D eigenvalue weighted by atomic mass is 10.2. The highest BCUT2D eigenvalue weighted by atomic mass is 79.9. The van der Waals surface area contributed by atoms with Crippen LogP contribution in [-0.2, 0) is 0 Å². The quantitative estimate of drug-likeness (QED) is 0.759. The van der Waals surface area contributed by atoms with Crippen molar-refractivity contribution < 1.29 is 9.90 Å². The Morgan fingerprint density at radius 3 is 2.65 bits per heavy atom. The maximum Gasteiger partial charge on any atom is 0.251 e. The predicted molar refractivity (Wildman–Crippen MR) is 75.5 cm³/mol. The van der Waals surface area contributed by atoms with Crippen LogP contribution in [0.4, 0.5) is 0 Å². The molecule has 0 fully saturated rings. The monoisotopic (exact) mass is 317 g/mol. The Morgan fingerprint density at radius 1 is 1.29 bits per heavy atom. The van der Waals surface area contributed by atoms with E-state index in [1.807, 2.05) is 12.1 Å². The van der Waals surface area contributed by atoms with Crippen LogP contribution in [0.3, 0.4) is 0 Å². The van der Waals surface area contributed by atoms with Crippen molar-refractivity contribution in [2.24, 2.45) is 0 Å². The molecule has 0 aromatic heterocycles. The van der Waals surface area contributed by atoms with Gasteiger partial charge in [-0.2, -0.15) is 11.8 Å². The number of aliphatic hydroxyl groups excluding tert-OH is 1. The first-order chi connectivity index (χ1) is 8.24. The molecule has 0 saturated carbocycles. The van der Waals surface area contributed by atoms with E-state index < -0.39 is 0 Å². The van der Waals surface area contributed by atoms with E-state index >= 15 is 0 Å². The van der Waals surface area contributed by atoms with Gasteiger partial charge in [0.1, 0.15) is 0 Å². The number of hydrogen-bond acceptors (Lipinski definition) is 3. The molecule has 94 valence electrons. The maximum absolute atomic E-state index is 11.7. The second-order valence-electron chi connectivity index (χ2n) is 3.45. The fourth-order valence-electron chi connectivity index (χ4n) is 1.21. The van der Waals surface area contributed by atoms with Crippen LogP contribution in [0.25, 0.3) is 0 Å². The van der Waals surface area contributed by atoms with Gasteiger partial charge in [0.15, 0.2) is 0 Å². The van der Waals surface area contributed by atoms with Gasteiger partial charge in [0.05, 0.1) is 0 Å². The van der Waals surface area contributed by atoms with Gasteiger partial charge in [-0.15, -0.1) is 0 Å². The van der Waals surface area contributed by atoms with Gasteiger partial charge in [-0.1, -0.05) is 15.9 Å². The van der Waals surface area contributed by atoms with Crippen molar-refractivity contribution in [3.63, 3.8) is 0 Å². The molecule has 0 unspecified atom stereocenters. The summed E-state index contributed by atoms with van der Waals surface area (Å²) in [5.74, 6) is 1.77.